The molecule has 1 aliphatic heterocycles. The van der Waals surface area contributed by atoms with Crippen LogP contribution in [0.5, 0.6) is 0 Å². The van der Waals surface area contributed by atoms with Crippen molar-refractivity contribution in [2.45, 2.75) is 31.6 Å². The largest absolute Gasteiger partial charge is 0.416 e. The number of aromatic amines is 1. The van der Waals surface area contributed by atoms with Crippen LogP contribution in [-0.2, 0) is 12.7 Å². The first-order valence-electron chi connectivity index (χ1n) is 9.79. The molecule has 1 N–H and O–H groups in total. The second kappa shape index (κ2) is 7.93. The standard InChI is InChI=1S/C21H18F3N5OS/c22-21(23,24)15-4-1-3-13(9-15)16-10-25-20(26-16)17-5-2-7-29(17)11-18-27-19(28-30-18)14-6-8-31-12-14/h1,3-4,6,8-10,12,17H,2,5,7,11H2,(H,25,26)/t17-/m0/s1. The topological polar surface area (TPSA) is 70.8 Å². The summed E-state index contributed by atoms with van der Waals surface area (Å²) < 4.78 is 44.5. The molecule has 0 spiro atoms. The van der Waals surface area contributed by atoms with Gasteiger partial charge in [-0.15, -0.1) is 0 Å². The monoisotopic (exact) mass is 445 g/mol. The molecule has 1 saturated heterocycles. The van der Waals surface area contributed by atoms with Crippen LogP contribution in [0.1, 0.15) is 36.2 Å². The molecule has 0 saturated carbocycles. The summed E-state index contributed by atoms with van der Waals surface area (Å²) in [5, 5.41) is 7.97. The lowest BCUT2D eigenvalue weighted by Crippen LogP contribution is -2.23. The van der Waals surface area contributed by atoms with Crippen molar-refractivity contribution in [3.63, 3.8) is 0 Å². The Hall–Kier alpha value is -2.98. The molecule has 0 radical (unpaired) electrons. The van der Waals surface area contributed by atoms with Crippen LogP contribution in [0.3, 0.4) is 0 Å². The number of rotatable bonds is 5. The highest BCUT2D eigenvalue weighted by molar-refractivity contribution is 7.08. The van der Waals surface area contributed by atoms with Crippen molar-refractivity contribution in [1.82, 2.24) is 25.0 Å². The average Bonchev–Trinajstić information content (AvgIpc) is 3.53. The van der Waals surface area contributed by atoms with Crippen molar-refractivity contribution < 1.29 is 17.7 Å². The Morgan fingerprint density at radius 2 is 2.13 bits per heavy atom. The molecule has 0 bridgehead atoms. The van der Waals surface area contributed by atoms with E-state index in [1.54, 1.807) is 23.6 Å². The molecule has 1 fully saturated rings. The molecule has 0 amide bonds. The maximum absolute atomic E-state index is 13.0. The zero-order valence-electron chi connectivity index (χ0n) is 16.3. The lowest BCUT2D eigenvalue weighted by atomic mass is 10.1. The SMILES string of the molecule is FC(F)(F)c1cccc(-c2cnc([C@@H]3CCCN3Cc3nc(-c4ccsc4)no3)[nH]2)c1. The first-order valence-corrected chi connectivity index (χ1v) is 10.7. The lowest BCUT2D eigenvalue weighted by molar-refractivity contribution is -0.137. The van der Waals surface area contributed by atoms with E-state index >= 15 is 0 Å². The summed E-state index contributed by atoms with van der Waals surface area (Å²) in [5.74, 6) is 1.82. The Labute approximate surface area is 179 Å². The van der Waals surface area contributed by atoms with Crippen LogP contribution < -0.4 is 0 Å². The van der Waals surface area contributed by atoms with E-state index in [1.807, 2.05) is 16.8 Å². The van der Waals surface area contributed by atoms with E-state index in [2.05, 4.69) is 25.0 Å². The van der Waals surface area contributed by atoms with Crippen molar-refractivity contribution in [2.75, 3.05) is 6.54 Å². The fraction of sp³-hybridized carbons (Fsp3) is 0.286. The van der Waals surface area contributed by atoms with Gasteiger partial charge in [-0.2, -0.15) is 29.5 Å². The number of alkyl halides is 3. The van der Waals surface area contributed by atoms with Gasteiger partial charge in [0.15, 0.2) is 0 Å². The lowest BCUT2D eigenvalue weighted by Gasteiger charge is -2.20. The van der Waals surface area contributed by atoms with Gasteiger partial charge in [0.1, 0.15) is 5.82 Å². The number of likely N-dealkylation sites (tertiary alicyclic amines) is 1. The summed E-state index contributed by atoms with van der Waals surface area (Å²) in [6, 6.07) is 7.19. The van der Waals surface area contributed by atoms with Crippen molar-refractivity contribution in [1.29, 1.82) is 0 Å². The summed E-state index contributed by atoms with van der Waals surface area (Å²) in [6.07, 6.45) is -0.924. The molecule has 5 rings (SSSR count). The molecule has 4 heterocycles. The molecule has 1 aromatic carbocycles. The highest BCUT2D eigenvalue weighted by Crippen LogP contribution is 2.34. The average molecular weight is 445 g/mol. The van der Waals surface area contributed by atoms with E-state index in [1.165, 1.54) is 6.07 Å². The van der Waals surface area contributed by atoms with Crippen molar-refractivity contribution in [3.05, 3.63) is 64.6 Å². The predicted molar refractivity (Wildman–Crippen MR) is 109 cm³/mol. The Morgan fingerprint density at radius 3 is 2.94 bits per heavy atom. The van der Waals surface area contributed by atoms with Gasteiger partial charge in [0, 0.05) is 16.5 Å². The minimum atomic E-state index is -4.38. The summed E-state index contributed by atoms with van der Waals surface area (Å²) >= 11 is 1.57. The maximum atomic E-state index is 13.0. The van der Waals surface area contributed by atoms with Gasteiger partial charge < -0.3 is 9.51 Å². The number of nitrogens with zero attached hydrogens (tertiary/aromatic N) is 4. The molecule has 160 valence electrons. The highest BCUT2D eigenvalue weighted by Gasteiger charge is 2.32. The molecule has 4 aromatic rings. The van der Waals surface area contributed by atoms with Gasteiger partial charge in [-0.05, 0) is 43.0 Å². The van der Waals surface area contributed by atoms with Crippen molar-refractivity contribution in [2.24, 2.45) is 0 Å². The number of imidazole rings is 1. The van der Waals surface area contributed by atoms with Crippen LogP contribution in [0, 0.1) is 0 Å². The van der Waals surface area contributed by atoms with Gasteiger partial charge in [-0.3, -0.25) is 4.90 Å². The number of nitrogens with one attached hydrogen (secondary N) is 1. The van der Waals surface area contributed by atoms with Crippen LogP contribution in [0.25, 0.3) is 22.6 Å². The zero-order chi connectivity index (χ0) is 21.4. The number of halogens is 3. The van der Waals surface area contributed by atoms with Gasteiger partial charge in [0.2, 0.25) is 11.7 Å². The van der Waals surface area contributed by atoms with Crippen LogP contribution in [0.4, 0.5) is 13.2 Å². The number of hydrogen-bond donors (Lipinski definition) is 1. The van der Waals surface area contributed by atoms with E-state index < -0.39 is 11.7 Å². The second-order valence-corrected chi connectivity index (χ2v) is 8.19. The van der Waals surface area contributed by atoms with Gasteiger partial charge in [0.05, 0.1) is 30.0 Å². The Balaban J connectivity index is 1.33. The van der Waals surface area contributed by atoms with Gasteiger partial charge in [-0.1, -0.05) is 17.3 Å². The van der Waals surface area contributed by atoms with Gasteiger partial charge in [0.25, 0.3) is 0 Å². The van der Waals surface area contributed by atoms with Crippen molar-refractivity contribution >= 4 is 11.3 Å². The summed E-state index contributed by atoms with van der Waals surface area (Å²) in [7, 11) is 0. The first kappa shape index (κ1) is 20.0. The maximum Gasteiger partial charge on any atom is 0.416 e. The molecule has 6 nitrogen and oxygen atoms in total. The van der Waals surface area contributed by atoms with E-state index in [-0.39, 0.29) is 6.04 Å². The van der Waals surface area contributed by atoms with E-state index in [4.69, 9.17) is 4.52 Å². The molecule has 3 aromatic heterocycles. The minimum absolute atomic E-state index is 0.0102. The van der Waals surface area contributed by atoms with E-state index in [0.717, 1.165) is 42.9 Å². The molecule has 31 heavy (non-hydrogen) atoms. The van der Waals surface area contributed by atoms with E-state index in [9.17, 15) is 13.2 Å². The third-order valence-electron chi connectivity index (χ3n) is 5.36. The number of hydrogen-bond acceptors (Lipinski definition) is 6. The van der Waals surface area contributed by atoms with Gasteiger partial charge in [-0.25, -0.2) is 4.98 Å². The summed E-state index contributed by atoms with van der Waals surface area (Å²) in [6.45, 7) is 1.34. The molecule has 0 unspecified atom stereocenters. The number of aromatic nitrogens is 4. The van der Waals surface area contributed by atoms with Crippen LogP contribution in [0.15, 0.2) is 51.8 Å². The summed E-state index contributed by atoms with van der Waals surface area (Å²) in [4.78, 5) is 14.3. The molecular formula is C21H18F3N5OS. The normalized spacial score (nSPS) is 17.5. The van der Waals surface area contributed by atoms with Crippen LogP contribution >= 0.6 is 11.3 Å². The highest BCUT2D eigenvalue weighted by atomic mass is 32.1. The predicted octanol–water partition coefficient (Wildman–Crippen LogP) is 5.54. The Morgan fingerprint density at radius 1 is 1.23 bits per heavy atom. The van der Waals surface area contributed by atoms with Crippen LogP contribution in [0.2, 0.25) is 0 Å². The second-order valence-electron chi connectivity index (χ2n) is 7.41. The smallest absolute Gasteiger partial charge is 0.341 e. The Bertz CT molecular complexity index is 1170. The molecule has 1 aliphatic rings. The molecule has 0 aliphatic carbocycles. The number of benzene rings is 1. The quantitative estimate of drug-likeness (QED) is 0.437. The van der Waals surface area contributed by atoms with Gasteiger partial charge >= 0.3 is 6.18 Å². The number of thiophene rings is 1. The molecule has 10 heteroatoms. The third kappa shape index (κ3) is 4.13. The summed E-state index contributed by atoms with van der Waals surface area (Å²) in [5.41, 5.74) is 1.26. The fourth-order valence-corrected chi connectivity index (χ4v) is 4.48. The van der Waals surface area contributed by atoms with Crippen LogP contribution in [-0.4, -0.2) is 31.6 Å². The zero-order valence-corrected chi connectivity index (χ0v) is 17.1. The first-order chi connectivity index (χ1) is 15.0. The van der Waals surface area contributed by atoms with E-state index in [0.29, 0.717) is 29.5 Å². The molecular weight excluding hydrogens is 427 g/mol. The molecule has 1 atom stereocenters. The fourth-order valence-electron chi connectivity index (χ4n) is 3.84. The minimum Gasteiger partial charge on any atom is -0.341 e. The number of H-pyrrole nitrogens is 1. The Kier molecular flexibility index (Phi) is 5.11. The van der Waals surface area contributed by atoms with Crippen molar-refractivity contribution in [3.8, 4) is 22.6 Å². The third-order valence-corrected chi connectivity index (χ3v) is 6.04.